The minimum Gasteiger partial charge on any atom is -0.478 e. The average Bonchev–Trinajstić information content (AvgIpc) is 2.87. The summed E-state index contributed by atoms with van der Waals surface area (Å²) in [6.45, 7) is 13.0. The Morgan fingerprint density at radius 3 is 1.76 bits per heavy atom. The highest BCUT2D eigenvalue weighted by atomic mass is 16.5. The maximum absolute atomic E-state index is 12.0. The van der Waals surface area contributed by atoms with Crippen LogP contribution in [-0.2, 0) is 14.3 Å². The second kappa shape index (κ2) is 19.7. The standard InChI is InChI=1S/C31H42N2O4/c1-26(10-5-6-11-27(2)13-8-15-29(4)17-19-31(35)36)12-7-14-28(3)16-18-30(34)32-20-9-21-33-22-24-37-25-23-33/h5-8,10-19H,9,20-25H2,1-4H3,(H,32,34)(H,35,36)/b6-5+,12-7+,13-8+,18-16+,19-17+,26-10+,27-11+,28-14+,29-15-. The molecule has 1 amide bonds. The molecule has 0 bridgehead atoms. The van der Waals surface area contributed by atoms with Crippen LogP contribution in [-0.4, -0.2) is 61.3 Å². The zero-order valence-electron chi connectivity index (χ0n) is 22.7. The molecule has 1 aliphatic rings. The van der Waals surface area contributed by atoms with E-state index < -0.39 is 5.97 Å². The van der Waals surface area contributed by atoms with E-state index in [1.807, 2.05) is 94.5 Å². The third-order valence-corrected chi connectivity index (χ3v) is 5.31. The molecule has 0 atom stereocenters. The molecule has 0 radical (unpaired) electrons. The highest BCUT2D eigenvalue weighted by Gasteiger charge is 2.09. The topological polar surface area (TPSA) is 78.9 Å². The monoisotopic (exact) mass is 506 g/mol. The molecule has 0 unspecified atom stereocenters. The molecule has 200 valence electrons. The Balaban J connectivity index is 2.37. The summed E-state index contributed by atoms with van der Waals surface area (Å²) in [5, 5.41) is 11.6. The van der Waals surface area contributed by atoms with Crippen LogP contribution in [0.1, 0.15) is 34.1 Å². The smallest absolute Gasteiger partial charge is 0.328 e. The number of amides is 1. The van der Waals surface area contributed by atoms with Gasteiger partial charge in [-0.05, 0) is 40.7 Å². The largest absolute Gasteiger partial charge is 0.478 e. The lowest BCUT2D eigenvalue weighted by Crippen LogP contribution is -2.38. The van der Waals surface area contributed by atoms with Crippen LogP contribution in [0.3, 0.4) is 0 Å². The van der Waals surface area contributed by atoms with Crippen molar-refractivity contribution in [1.82, 2.24) is 10.2 Å². The van der Waals surface area contributed by atoms with Crippen molar-refractivity contribution < 1.29 is 19.4 Å². The summed E-state index contributed by atoms with van der Waals surface area (Å²) in [6, 6.07) is 0. The summed E-state index contributed by atoms with van der Waals surface area (Å²) in [4.78, 5) is 24.9. The summed E-state index contributed by atoms with van der Waals surface area (Å²) in [5.74, 6) is -1.02. The fourth-order valence-electron chi connectivity index (χ4n) is 3.15. The van der Waals surface area contributed by atoms with E-state index in [4.69, 9.17) is 9.84 Å². The molecule has 0 aromatic heterocycles. The summed E-state index contributed by atoms with van der Waals surface area (Å²) >= 11 is 0. The van der Waals surface area contributed by atoms with Gasteiger partial charge in [0, 0.05) is 31.8 Å². The summed E-state index contributed by atoms with van der Waals surface area (Å²) in [6.07, 6.45) is 26.7. The van der Waals surface area contributed by atoms with E-state index >= 15 is 0 Å². The van der Waals surface area contributed by atoms with Crippen LogP contribution in [0.25, 0.3) is 0 Å². The van der Waals surface area contributed by atoms with E-state index in [1.54, 1.807) is 12.2 Å². The van der Waals surface area contributed by atoms with Gasteiger partial charge in [0.2, 0.25) is 5.91 Å². The van der Waals surface area contributed by atoms with Gasteiger partial charge in [0.25, 0.3) is 0 Å². The maximum atomic E-state index is 12.0. The molecule has 0 aromatic rings. The number of nitrogens with one attached hydrogen (secondary N) is 1. The zero-order chi connectivity index (χ0) is 27.3. The molecule has 6 nitrogen and oxygen atoms in total. The van der Waals surface area contributed by atoms with Gasteiger partial charge in [0.1, 0.15) is 0 Å². The van der Waals surface area contributed by atoms with Crippen molar-refractivity contribution in [1.29, 1.82) is 0 Å². The van der Waals surface area contributed by atoms with Gasteiger partial charge in [-0.1, -0.05) is 95.2 Å². The summed E-state index contributed by atoms with van der Waals surface area (Å²) in [7, 11) is 0. The number of rotatable bonds is 14. The molecule has 1 saturated heterocycles. The van der Waals surface area contributed by atoms with Crippen molar-refractivity contribution in [3.63, 3.8) is 0 Å². The normalized spacial score (nSPS) is 17.3. The second-order valence-electron chi connectivity index (χ2n) is 8.85. The first-order chi connectivity index (χ1) is 17.8. The van der Waals surface area contributed by atoms with Gasteiger partial charge in [0.05, 0.1) is 13.2 Å². The first-order valence-corrected chi connectivity index (χ1v) is 12.6. The first kappa shape index (κ1) is 31.5. The quantitative estimate of drug-likeness (QED) is 0.185. The van der Waals surface area contributed by atoms with Gasteiger partial charge in [-0.2, -0.15) is 0 Å². The molecule has 6 heteroatoms. The molecule has 1 fully saturated rings. The number of carbonyl (C=O) groups excluding carboxylic acids is 1. The van der Waals surface area contributed by atoms with Crippen LogP contribution in [0.5, 0.6) is 0 Å². The van der Waals surface area contributed by atoms with Gasteiger partial charge >= 0.3 is 5.97 Å². The molecular weight excluding hydrogens is 464 g/mol. The fraction of sp³-hybridized carbons (Fsp3) is 0.355. The molecule has 37 heavy (non-hydrogen) atoms. The number of hydrogen-bond acceptors (Lipinski definition) is 4. The summed E-state index contributed by atoms with van der Waals surface area (Å²) in [5.41, 5.74) is 4.05. The van der Waals surface area contributed by atoms with Crippen LogP contribution in [0.2, 0.25) is 0 Å². The first-order valence-electron chi connectivity index (χ1n) is 12.6. The van der Waals surface area contributed by atoms with Gasteiger partial charge in [-0.3, -0.25) is 9.69 Å². The lowest BCUT2D eigenvalue weighted by atomic mass is 10.2. The number of nitrogens with zero attached hydrogens (tertiary/aromatic N) is 1. The highest BCUT2D eigenvalue weighted by molar-refractivity contribution is 5.87. The van der Waals surface area contributed by atoms with Crippen LogP contribution >= 0.6 is 0 Å². The number of carbonyl (C=O) groups is 2. The Labute approximate surface area is 222 Å². The molecule has 0 spiro atoms. The third-order valence-electron chi connectivity index (χ3n) is 5.31. The number of hydrogen-bond donors (Lipinski definition) is 2. The van der Waals surface area contributed by atoms with E-state index in [0.717, 1.165) is 67.6 Å². The number of aliphatic carboxylic acids is 1. The second-order valence-corrected chi connectivity index (χ2v) is 8.85. The maximum Gasteiger partial charge on any atom is 0.328 e. The van der Waals surface area contributed by atoms with Crippen molar-refractivity contribution in [3.8, 4) is 0 Å². The van der Waals surface area contributed by atoms with E-state index in [-0.39, 0.29) is 5.91 Å². The molecular formula is C31H42N2O4. The van der Waals surface area contributed by atoms with E-state index in [0.29, 0.717) is 6.54 Å². The number of allylic oxidation sites excluding steroid dienone is 16. The third kappa shape index (κ3) is 18.4. The van der Waals surface area contributed by atoms with Crippen molar-refractivity contribution in [2.75, 3.05) is 39.4 Å². The minimum absolute atomic E-state index is 0.0701. The average molecular weight is 507 g/mol. The number of carboxylic acid groups (broad SMARTS) is 1. The van der Waals surface area contributed by atoms with Gasteiger partial charge in [-0.25, -0.2) is 4.79 Å². The molecule has 1 heterocycles. The van der Waals surface area contributed by atoms with E-state index in [1.165, 1.54) is 0 Å². The van der Waals surface area contributed by atoms with Crippen LogP contribution in [0.15, 0.2) is 107 Å². The molecule has 1 aliphatic heterocycles. The number of carboxylic acids is 1. The lowest BCUT2D eigenvalue weighted by molar-refractivity contribution is -0.131. The predicted molar refractivity (Wildman–Crippen MR) is 153 cm³/mol. The Hall–Kier alpha value is -3.48. The van der Waals surface area contributed by atoms with Crippen LogP contribution < -0.4 is 5.32 Å². The van der Waals surface area contributed by atoms with Crippen molar-refractivity contribution in [3.05, 3.63) is 107 Å². The lowest BCUT2D eigenvalue weighted by Gasteiger charge is -2.26. The van der Waals surface area contributed by atoms with E-state index in [9.17, 15) is 9.59 Å². The Morgan fingerprint density at radius 2 is 1.22 bits per heavy atom. The molecule has 0 aromatic carbocycles. The van der Waals surface area contributed by atoms with Crippen molar-refractivity contribution in [2.24, 2.45) is 0 Å². The van der Waals surface area contributed by atoms with Crippen LogP contribution in [0.4, 0.5) is 0 Å². The van der Waals surface area contributed by atoms with Crippen LogP contribution in [0, 0.1) is 0 Å². The van der Waals surface area contributed by atoms with E-state index in [2.05, 4.69) is 10.2 Å². The zero-order valence-corrected chi connectivity index (χ0v) is 22.7. The fourth-order valence-corrected chi connectivity index (χ4v) is 3.15. The molecule has 0 aliphatic carbocycles. The SMILES string of the molecule is CC(=C/C=C/C(C)=C/C=C/C=C(C)/C=C/C=C(C)/C=C/C(=O)NCCCN1CCOCC1)/C=C/C(=O)O. The predicted octanol–water partition coefficient (Wildman–Crippen LogP) is 5.48. The Bertz CT molecular complexity index is 998. The minimum atomic E-state index is -0.954. The molecule has 1 rings (SSSR count). The van der Waals surface area contributed by atoms with Crippen molar-refractivity contribution in [2.45, 2.75) is 34.1 Å². The van der Waals surface area contributed by atoms with Crippen molar-refractivity contribution >= 4 is 11.9 Å². The Morgan fingerprint density at radius 1 is 0.730 bits per heavy atom. The van der Waals surface area contributed by atoms with Gasteiger partial charge in [-0.15, -0.1) is 0 Å². The summed E-state index contributed by atoms with van der Waals surface area (Å²) < 4.78 is 5.34. The molecule has 0 saturated carbocycles. The number of morpholine rings is 1. The molecule has 2 N–H and O–H groups in total. The van der Waals surface area contributed by atoms with Gasteiger partial charge < -0.3 is 15.2 Å². The Kier molecular flexibility index (Phi) is 16.8. The highest BCUT2D eigenvalue weighted by Crippen LogP contribution is 2.02. The van der Waals surface area contributed by atoms with Gasteiger partial charge in [0.15, 0.2) is 0 Å². The number of ether oxygens (including phenoxy) is 1.